The van der Waals surface area contributed by atoms with Crippen molar-refractivity contribution in [3.05, 3.63) is 93.4 Å². The second-order valence-electron chi connectivity index (χ2n) is 7.01. The number of carbonyl (C=O) groups excluding carboxylic acids is 1. The van der Waals surface area contributed by atoms with Gasteiger partial charge in [-0.3, -0.25) is 9.36 Å². The van der Waals surface area contributed by atoms with Crippen LogP contribution in [0, 0.1) is 13.8 Å². The van der Waals surface area contributed by atoms with Gasteiger partial charge in [0.2, 0.25) is 0 Å². The first-order valence-electron chi connectivity index (χ1n) is 9.61. The lowest BCUT2D eigenvalue weighted by atomic mass is 10.2. The zero-order valence-electron chi connectivity index (χ0n) is 16.8. The standard InChI is InChI=1S/C23H22N4OS2/c1-16-8-10-19(11-9-16)27-21(14-24-22(28)20-7-4-12-29-20)25-26-23(27)30-15-18-6-3-5-17(2)13-18/h3-13H,14-15H2,1-2H3,(H,24,28). The fourth-order valence-corrected chi connectivity index (χ4v) is 4.62. The van der Waals surface area contributed by atoms with Crippen LogP contribution in [0.25, 0.3) is 5.69 Å². The van der Waals surface area contributed by atoms with E-state index < -0.39 is 0 Å². The van der Waals surface area contributed by atoms with E-state index in [4.69, 9.17) is 0 Å². The molecule has 5 nitrogen and oxygen atoms in total. The van der Waals surface area contributed by atoms with Gasteiger partial charge in [-0.15, -0.1) is 21.5 Å². The molecule has 0 atom stereocenters. The zero-order chi connectivity index (χ0) is 20.9. The van der Waals surface area contributed by atoms with Gasteiger partial charge in [0, 0.05) is 11.4 Å². The van der Waals surface area contributed by atoms with Gasteiger partial charge in [-0.2, -0.15) is 0 Å². The van der Waals surface area contributed by atoms with Gasteiger partial charge >= 0.3 is 0 Å². The monoisotopic (exact) mass is 434 g/mol. The normalized spacial score (nSPS) is 10.9. The van der Waals surface area contributed by atoms with Crippen molar-refractivity contribution in [2.75, 3.05) is 0 Å². The minimum Gasteiger partial charge on any atom is -0.344 e. The predicted molar refractivity (Wildman–Crippen MR) is 122 cm³/mol. The van der Waals surface area contributed by atoms with E-state index in [1.165, 1.54) is 28.0 Å². The first-order chi connectivity index (χ1) is 14.6. The summed E-state index contributed by atoms with van der Waals surface area (Å²) in [6, 6.07) is 20.4. The third-order valence-corrected chi connectivity index (χ3v) is 6.46. The maximum atomic E-state index is 12.4. The lowest BCUT2D eigenvalue weighted by Gasteiger charge is -2.11. The van der Waals surface area contributed by atoms with Crippen molar-refractivity contribution in [3.63, 3.8) is 0 Å². The Morgan fingerprint density at radius 1 is 1.03 bits per heavy atom. The third-order valence-electron chi connectivity index (χ3n) is 4.59. The van der Waals surface area contributed by atoms with Crippen molar-refractivity contribution >= 4 is 29.0 Å². The Morgan fingerprint density at radius 2 is 1.87 bits per heavy atom. The van der Waals surface area contributed by atoms with Crippen LogP contribution in [0.15, 0.2) is 71.2 Å². The summed E-state index contributed by atoms with van der Waals surface area (Å²) in [5.74, 6) is 1.40. The summed E-state index contributed by atoms with van der Waals surface area (Å²) in [6.07, 6.45) is 0. The molecule has 0 aliphatic carbocycles. The molecule has 2 aromatic heterocycles. The number of nitrogens with one attached hydrogen (secondary N) is 1. The van der Waals surface area contributed by atoms with Crippen LogP contribution < -0.4 is 5.32 Å². The molecule has 7 heteroatoms. The molecule has 0 saturated carbocycles. The smallest absolute Gasteiger partial charge is 0.261 e. The van der Waals surface area contributed by atoms with E-state index in [1.54, 1.807) is 11.8 Å². The number of carbonyl (C=O) groups is 1. The second-order valence-corrected chi connectivity index (χ2v) is 8.90. The number of benzene rings is 2. The average molecular weight is 435 g/mol. The molecule has 2 aromatic carbocycles. The van der Waals surface area contributed by atoms with Crippen LogP contribution in [0.1, 0.15) is 32.2 Å². The molecular formula is C23H22N4OS2. The van der Waals surface area contributed by atoms with E-state index in [2.05, 4.69) is 77.9 Å². The van der Waals surface area contributed by atoms with E-state index in [0.29, 0.717) is 17.2 Å². The Kier molecular flexibility index (Phi) is 6.30. The molecule has 4 aromatic rings. The van der Waals surface area contributed by atoms with Crippen LogP contribution in [0.4, 0.5) is 0 Å². The van der Waals surface area contributed by atoms with E-state index >= 15 is 0 Å². The number of hydrogen-bond acceptors (Lipinski definition) is 5. The van der Waals surface area contributed by atoms with E-state index in [0.717, 1.165) is 16.6 Å². The summed E-state index contributed by atoms with van der Waals surface area (Å²) in [4.78, 5) is 13.0. The molecule has 1 N–H and O–H groups in total. The highest BCUT2D eigenvalue weighted by Gasteiger charge is 2.16. The maximum Gasteiger partial charge on any atom is 0.261 e. The largest absolute Gasteiger partial charge is 0.344 e. The molecule has 1 amide bonds. The molecule has 30 heavy (non-hydrogen) atoms. The number of aryl methyl sites for hydroxylation is 2. The summed E-state index contributed by atoms with van der Waals surface area (Å²) in [7, 11) is 0. The van der Waals surface area contributed by atoms with Gasteiger partial charge in [0.25, 0.3) is 5.91 Å². The Hall–Kier alpha value is -2.90. The van der Waals surface area contributed by atoms with Crippen molar-refractivity contribution in [2.24, 2.45) is 0 Å². The number of hydrogen-bond donors (Lipinski definition) is 1. The minimum absolute atomic E-state index is 0.0996. The highest BCUT2D eigenvalue weighted by Crippen LogP contribution is 2.26. The first-order valence-corrected chi connectivity index (χ1v) is 11.5. The van der Waals surface area contributed by atoms with Crippen molar-refractivity contribution in [1.82, 2.24) is 20.1 Å². The molecule has 4 rings (SSSR count). The van der Waals surface area contributed by atoms with Crippen molar-refractivity contribution in [3.8, 4) is 5.69 Å². The van der Waals surface area contributed by atoms with Gasteiger partial charge in [-0.25, -0.2) is 0 Å². The van der Waals surface area contributed by atoms with Crippen molar-refractivity contribution in [2.45, 2.75) is 31.3 Å². The number of nitrogens with zero attached hydrogens (tertiary/aromatic N) is 3. The first kappa shape index (κ1) is 20.4. The third kappa shape index (κ3) is 4.80. The molecule has 0 fully saturated rings. The lowest BCUT2D eigenvalue weighted by molar-refractivity contribution is 0.0953. The Bertz CT molecular complexity index is 1130. The average Bonchev–Trinajstić information content (AvgIpc) is 3.41. The van der Waals surface area contributed by atoms with Crippen LogP contribution in [0.2, 0.25) is 0 Å². The highest BCUT2D eigenvalue weighted by atomic mass is 32.2. The van der Waals surface area contributed by atoms with Gasteiger partial charge in [0.15, 0.2) is 11.0 Å². The van der Waals surface area contributed by atoms with Gasteiger partial charge in [0.05, 0.1) is 11.4 Å². The molecule has 0 spiro atoms. The fraction of sp³-hybridized carbons (Fsp3) is 0.174. The van der Waals surface area contributed by atoms with E-state index in [1.807, 2.05) is 22.1 Å². The summed E-state index contributed by atoms with van der Waals surface area (Å²) in [5.41, 5.74) is 4.65. The number of thiophene rings is 1. The van der Waals surface area contributed by atoms with Crippen LogP contribution in [-0.4, -0.2) is 20.7 Å². The summed E-state index contributed by atoms with van der Waals surface area (Å²) >= 11 is 3.06. The fourth-order valence-electron chi connectivity index (χ4n) is 3.07. The van der Waals surface area contributed by atoms with Crippen LogP contribution in [-0.2, 0) is 12.3 Å². The van der Waals surface area contributed by atoms with Gasteiger partial charge in [-0.05, 0) is 43.0 Å². The predicted octanol–water partition coefficient (Wildman–Crippen LogP) is 5.17. The van der Waals surface area contributed by atoms with Gasteiger partial charge in [-0.1, -0.05) is 65.4 Å². The molecule has 2 heterocycles. The summed E-state index contributed by atoms with van der Waals surface area (Å²) in [5, 5.41) is 14.5. The van der Waals surface area contributed by atoms with Crippen LogP contribution >= 0.6 is 23.1 Å². The maximum absolute atomic E-state index is 12.4. The van der Waals surface area contributed by atoms with Gasteiger partial charge < -0.3 is 5.32 Å². The Labute approximate surface area is 184 Å². The summed E-state index contributed by atoms with van der Waals surface area (Å²) in [6.45, 7) is 4.46. The highest BCUT2D eigenvalue weighted by molar-refractivity contribution is 7.98. The number of thioether (sulfide) groups is 1. The minimum atomic E-state index is -0.0996. The molecule has 0 aliphatic heterocycles. The van der Waals surface area contributed by atoms with Crippen LogP contribution in [0.3, 0.4) is 0 Å². The lowest BCUT2D eigenvalue weighted by Crippen LogP contribution is -2.23. The summed E-state index contributed by atoms with van der Waals surface area (Å²) < 4.78 is 2.02. The number of aromatic nitrogens is 3. The second kappa shape index (κ2) is 9.28. The molecule has 0 unspecified atom stereocenters. The van der Waals surface area contributed by atoms with Crippen molar-refractivity contribution in [1.29, 1.82) is 0 Å². The number of amides is 1. The molecule has 0 saturated heterocycles. The van der Waals surface area contributed by atoms with Gasteiger partial charge in [0.1, 0.15) is 0 Å². The zero-order valence-corrected chi connectivity index (χ0v) is 18.5. The number of rotatable bonds is 7. The van der Waals surface area contributed by atoms with Crippen molar-refractivity contribution < 1.29 is 4.79 Å². The molecule has 0 bridgehead atoms. The molecular weight excluding hydrogens is 412 g/mol. The van der Waals surface area contributed by atoms with Crippen LogP contribution in [0.5, 0.6) is 0 Å². The SMILES string of the molecule is Cc1ccc(-n2c(CNC(=O)c3cccs3)nnc2SCc2cccc(C)c2)cc1. The molecule has 0 radical (unpaired) electrons. The molecule has 0 aliphatic rings. The van der Waals surface area contributed by atoms with E-state index in [9.17, 15) is 4.79 Å². The Balaban J connectivity index is 1.58. The topological polar surface area (TPSA) is 59.8 Å². The quantitative estimate of drug-likeness (QED) is 0.408. The Morgan fingerprint density at radius 3 is 2.60 bits per heavy atom. The van der Waals surface area contributed by atoms with E-state index in [-0.39, 0.29) is 5.91 Å². The molecule has 152 valence electrons.